The first kappa shape index (κ1) is 18.9. The van der Waals surface area contributed by atoms with E-state index in [1.165, 1.54) is 4.57 Å². The second-order valence-electron chi connectivity index (χ2n) is 6.88. The molecule has 0 aliphatic rings. The number of hydrogen-bond acceptors (Lipinski definition) is 2. The molecule has 26 heavy (non-hydrogen) atoms. The Labute approximate surface area is 170 Å². The topological polar surface area (TPSA) is 31.2 Å². The van der Waals surface area contributed by atoms with Crippen molar-refractivity contribution >= 4 is 38.0 Å². The van der Waals surface area contributed by atoms with Crippen LogP contribution in [0.5, 0.6) is 0 Å². The van der Waals surface area contributed by atoms with Gasteiger partial charge in [-0.2, -0.15) is 0 Å². The molecule has 1 aromatic heterocycles. The van der Waals surface area contributed by atoms with Gasteiger partial charge in [0.25, 0.3) is 0 Å². The summed E-state index contributed by atoms with van der Waals surface area (Å²) in [6, 6.07) is 20.0. The van der Waals surface area contributed by atoms with Crippen LogP contribution in [0, 0.1) is 0 Å². The first-order valence-corrected chi connectivity index (χ1v) is 9.82. The minimum absolute atomic E-state index is 0.435. The van der Waals surface area contributed by atoms with E-state index in [0.717, 1.165) is 22.3 Å². The summed E-state index contributed by atoms with van der Waals surface area (Å²) in [5.41, 5.74) is 3.33. The molecule has 0 spiro atoms. The summed E-state index contributed by atoms with van der Waals surface area (Å²) in [6.45, 7) is 5.56. The highest BCUT2D eigenvalue weighted by atomic mass is 79.9. The van der Waals surface area contributed by atoms with Crippen LogP contribution in [0.25, 0.3) is 22.3 Å². The van der Waals surface area contributed by atoms with E-state index in [1.807, 2.05) is 81.4 Å². The largest absolute Gasteiger partial charge is 0.443 e. The average molecular weight is 477 g/mol. The zero-order valence-electron chi connectivity index (χ0n) is 14.8. The lowest BCUT2D eigenvalue weighted by atomic mass is 9.99. The first-order chi connectivity index (χ1) is 12.3. The van der Waals surface area contributed by atoms with Gasteiger partial charge < -0.3 is 4.74 Å². The Morgan fingerprint density at radius 1 is 0.808 bits per heavy atom. The number of aromatic nitrogens is 1. The number of carbonyl (C=O) groups excluding carboxylic acids is 1. The van der Waals surface area contributed by atoms with Crippen LogP contribution < -0.4 is 0 Å². The van der Waals surface area contributed by atoms with Crippen molar-refractivity contribution in [2.24, 2.45) is 0 Å². The van der Waals surface area contributed by atoms with Crippen molar-refractivity contribution in [2.45, 2.75) is 26.4 Å². The van der Waals surface area contributed by atoms with Crippen LogP contribution in [0.4, 0.5) is 4.79 Å². The van der Waals surface area contributed by atoms with Gasteiger partial charge in [-0.3, -0.25) is 0 Å². The van der Waals surface area contributed by atoms with E-state index in [1.54, 1.807) is 0 Å². The molecule has 0 saturated carbocycles. The molecule has 2 aromatic carbocycles. The molecule has 0 aliphatic carbocycles. The SMILES string of the molecule is CC(C)(C)OC(=O)n1c(Br)c(-c2ccccc2)c(-c2ccccc2)c1Br. The number of nitrogens with zero attached hydrogens (tertiary/aromatic N) is 1. The van der Waals surface area contributed by atoms with Crippen LogP contribution in [-0.2, 0) is 4.74 Å². The molecule has 0 saturated heterocycles. The normalized spacial score (nSPS) is 11.4. The fraction of sp³-hybridized carbons (Fsp3) is 0.190. The van der Waals surface area contributed by atoms with Crippen LogP contribution in [-0.4, -0.2) is 16.3 Å². The molecular formula is C21H19Br2NO2. The van der Waals surface area contributed by atoms with E-state index in [9.17, 15) is 4.79 Å². The molecule has 3 nitrogen and oxygen atoms in total. The van der Waals surface area contributed by atoms with Gasteiger partial charge in [0, 0.05) is 11.1 Å². The van der Waals surface area contributed by atoms with Gasteiger partial charge >= 0.3 is 6.09 Å². The summed E-state index contributed by atoms with van der Waals surface area (Å²) in [5.74, 6) is 0. The predicted octanol–water partition coefficient (Wildman–Crippen LogP) is 7.13. The van der Waals surface area contributed by atoms with Crippen LogP contribution in [0.3, 0.4) is 0 Å². The number of rotatable bonds is 2. The Kier molecular flexibility index (Phi) is 5.39. The van der Waals surface area contributed by atoms with E-state index in [4.69, 9.17) is 4.74 Å². The summed E-state index contributed by atoms with van der Waals surface area (Å²) in [4.78, 5) is 12.8. The van der Waals surface area contributed by atoms with Crippen LogP contribution in [0.2, 0.25) is 0 Å². The molecule has 0 aliphatic heterocycles. The third-order valence-electron chi connectivity index (χ3n) is 3.76. The molecule has 3 rings (SSSR count). The number of halogens is 2. The third kappa shape index (κ3) is 3.79. The van der Waals surface area contributed by atoms with Gasteiger partial charge in [0.15, 0.2) is 0 Å². The zero-order chi connectivity index (χ0) is 18.9. The van der Waals surface area contributed by atoms with Gasteiger partial charge in [-0.15, -0.1) is 0 Å². The standard InChI is InChI=1S/C21H19Br2NO2/c1-21(2,3)26-20(25)24-18(22)16(14-10-6-4-7-11-14)17(19(24)23)15-12-8-5-9-13-15/h4-13H,1-3H3. The van der Waals surface area contributed by atoms with E-state index in [0.29, 0.717) is 9.21 Å². The van der Waals surface area contributed by atoms with E-state index in [2.05, 4.69) is 31.9 Å². The van der Waals surface area contributed by atoms with Crippen molar-refractivity contribution in [1.29, 1.82) is 0 Å². The third-order valence-corrected chi connectivity index (χ3v) is 5.26. The van der Waals surface area contributed by atoms with E-state index >= 15 is 0 Å². The van der Waals surface area contributed by atoms with Gasteiger partial charge in [-0.1, -0.05) is 60.7 Å². The first-order valence-electron chi connectivity index (χ1n) is 8.23. The van der Waals surface area contributed by atoms with E-state index in [-0.39, 0.29) is 0 Å². The maximum absolute atomic E-state index is 12.8. The lowest BCUT2D eigenvalue weighted by molar-refractivity contribution is 0.0530. The minimum atomic E-state index is -0.583. The smallest absolute Gasteiger partial charge is 0.420 e. The molecule has 0 bridgehead atoms. The Balaban J connectivity index is 2.26. The molecular weight excluding hydrogens is 458 g/mol. The van der Waals surface area contributed by atoms with E-state index < -0.39 is 11.7 Å². The lowest BCUT2D eigenvalue weighted by Crippen LogP contribution is -2.27. The Morgan fingerprint density at radius 2 is 1.19 bits per heavy atom. The zero-order valence-corrected chi connectivity index (χ0v) is 18.0. The predicted molar refractivity (Wildman–Crippen MR) is 112 cm³/mol. The summed E-state index contributed by atoms with van der Waals surface area (Å²) in [7, 11) is 0. The fourth-order valence-electron chi connectivity index (χ4n) is 2.72. The van der Waals surface area contributed by atoms with Gasteiger partial charge in [0.2, 0.25) is 0 Å². The van der Waals surface area contributed by atoms with Crippen LogP contribution in [0.15, 0.2) is 69.9 Å². The fourth-order valence-corrected chi connectivity index (χ4v) is 4.46. The number of hydrogen-bond donors (Lipinski definition) is 0. The van der Waals surface area contributed by atoms with Crippen LogP contribution in [0.1, 0.15) is 20.8 Å². The van der Waals surface area contributed by atoms with Crippen molar-refractivity contribution in [2.75, 3.05) is 0 Å². The molecule has 0 fully saturated rings. The van der Waals surface area contributed by atoms with Gasteiger partial charge in [0.1, 0.15) is 14.8 Å². The molecule has 134 valence electrons. The molecule has 0 unspecified atom stereocenters. The maximum Gasteiger partial charge on any atom is 0.420 e. The summed E-state index contributed by atoms with van der Waals surface area (Å²) >= 11 is 7.25. The Hall–Kier alpha value is -1.85. The Bertz CT molecular complexity index is 863. The van der Waals surface area contributed by atoms with Crippen molar-refractivity contribution in [3.8, 4) is 22.3 Å². The Morgan fingerprint density at radius 3 is 1.54 bits per heavy atom. The van der Waals surface area contributed by atoms with Crippen molar-refractivity contribution in [3.05, 3.63) is 69.9 Å². The minimum Gasteiger partial charge on any atom is -0.443 e. The molecule has 0 amide bonds. The van der Waals surface area contributed by atoms with Crippen molar-refractivity contribution in [3.63, 3.8) is 0 Å². The highest BCUT2D eigenvalue weighted by Crippen LogP contribution is 2.45. The molecule has 5 heteroatoms. The second kappa shape index (κ2) is 7.41. The second-order valence-corrected chi connectivity index (χ2v) is 8.38. The molecule has 0 radical (unpaired) electrons. The molecule has 0 atom stereocenters. The van der Waals surface area contributed by atoms with Gasteiger partial charge in [-0.05, 0) is 63.8 Å². The number of benzene rings is 2. The average Bonchev–Trinajstić information content (AvgIpc) is 2.85. The highest BCUT2D eigenvalue weighted by molar-refractivity contribution is 9.11. The molecule has 0 N–H and O–H groups in total. The molecule has 3 aromatic rings. The number of ether oxygens (including phenoxy) is 1. The summed E-state index contributed by atoms with van der Waals surface area (Å²) in [5, 5.41) is 0. The van der Waals surface area contributed by atoms with Crippen molar-refractivity contribution < 1.29 is 9.53 Å². The van der Waals surface area contributed by atoms with Gasteiger partial charge in [0.05, 0.1) is 0 Å². The van der Waals surface area contributed by atoms with Gasteiger partial charge in [-0.25, -0.2) is 9.36 Å². The maximum atomic E-state index is 12.8. The van der Waals surface area contributed by atoms with Crippen LogP contribution >= 0.6 is 31.9 Å². The lowest BCUT2D eigenvalue weighted by Gasteiger charge is -2.20. The monoisotopic (exact) mass is 475 g/mol. The van der Waals surface area contributed by atoms with Crippen molar-refractivity contribution in [1.82, 2.24) is 4.57 Å². The quantitative estimate of drug-likeness (QED) is 0.393. The highest BCUT2D eigenvalue weighted by Gasteiger charge is 2.28. The summed E-state index contributed by atoms with van der Waals surface area (Å²) in [6.07, 6.45) is -0.435. The number of carbonyl (C=O) groups is 1. The molecule has 1 heterocycles. The summed E-state index contributed by atoms with van der Waals surface area (Å²) < 4.78 is 8.43.